The fourth-order valence-corrected chi connectivity index (χ4v) is 4.03. The summed E-state index contributed by atoms with van der Waals surface area (Å²) < 4.78 is 2.69. The number of rotatable bonds is 4. The van der Waals surface area contributed by atoms with Gasteiger partial charge in [-0.1, -0.05) is 24.9 Å². The van der Waals surface area contributed by atoms with Crippen molar-refractivity contribution in [1.82, 2.24) is 8.96 Å². The first-order valence-electron chi connectivity index (χ1n) is 5.42. The quantitative estimate of drug-likeness (QED) is 0.642. The van der Waals surface area contributed by atoms with Crippen LogP contribution in [0.25, 0.3) is 11.0 Å². The van der Waals surface area contributed by atoms with E-state index in [0.29, 0.717) is 5.02 Å². The minimum atomic E-state index is -0.485. The van der Waals surface area contributed by atoms with E-state index < -0.39 is 6.10 Å². The zero-order chi connectivity index (χ0) is 13.3. The zero-order valence-corrected chi connectivity index (χ0v) is 14.8. The maximum atomic E-state index is 10.2. The van der Waals surface area contributed by atoms with E-state index in [4.69, 9.17) is 11.6 Å². The zero-order valence-electron chi connectivity index (χ0n) is 9.53. The number of halogens is 3. The molecule has 0 bridgehead atoms. The summed E-state index contributed by atoms with van der Waals surface area (Å²) in [6.07, 6.45) is 2.86. The molecule has 1 atom stereocenters. The van der Waals surface area contributed by atoms with Crippen molar-refractivity contribution >= 4 is 68.9 Å². The SMILES string of the molecule is CCCC(O)c1cc2c(Cl)c(Br)cnc2n1SI. The molecule has 3 nitrogen and oxygen atoms in total. The second-order valence-corrected chi connectivity index (χ2v) is 6.81. The first kappa shape index (κ1) is 14.9. The molecule has 0 saturated carbocycles. The van der Waals surface area contributed by atoms with Crippen LogP contribution < -0.4 is 0 Å². The summed E-state index contributed by atoms with van der Waals surface area (Å²) in [6, 6.07) is 1.92. The number of aliphatic hydroxyl groups is 1. The van der Waals surface area contributed by atoms with Crippen LogP contribution in [0.3, 0.4) is 0 Å². The van der Waals surface area contributed by atoms with Crippen LogP contribution in [0.4, 0.5) is 0 Å². The summed E-state index contributed by atoms with van der Waals surface area (Å²) in [5.74, 6) is 0. The van der Waals surface area contributed by atoms with E-state index in [1.165, 1.54) is 9.12 Å². The fourth-order valence-electron chi connectivity index (χ4n) is 1.81. The van der Waals surface area contributed by atoms with Crippen LogP contribution >= 0.6 is 57.9 Å². The lowest BCUT2D eigenvalue weighted by atomic mass is 10.1. The summed E-state index contributed by atoms with van der Waals surface area (Å²) in [6.45, 7) is 2.05. The molecule has 0 saturated heterocycles. The van der Waals surface area contributed by atoms with Gasteiger partial charge < -0.3 is 5.11 Å². The Morgan fingerprint density at radius 3 is 3.00 bits per heavy atom. The lowest BCUT2D eigenvalue weighted by molar-refractivity contribution is 0.161. The van der Waals surface area contributed by atoms with Gasteiger partial charge in [-0.2, -0.15) is 0 Å². The van der Waals surface area contributed by atoms with Crippen molar-refractivity contribution in [2.24, 2.45) is 0 Å². The minimum absolute atomic E-state index is 0.485. The van der Waals surface area contributed by atoms with Gasteiger partial charge in [-0.05, 0) is 28.4 Å². The second-order valence-electron chi connectivity index (χ2n) is 3.89. The Labute approximate surface area is 135 Å². The molecule has 98 valence electrons. The van der Waals surface area contributed by atoms with E-state index in [2.05, 4.69) is 49.0 Å². The highest BCUT2D eigenvalue weighted by Gasteiger charge is 2.19. The van der Waals surface area contributed by atoms with Gasteiger partial charge >= 0.3 is 0 Å². The Bertz CT molecular complexity index is 578. The van der Waals surface area contributed by atoms with Crippen LogP contribution in [0.5, 0.6) is 0 Å². The van der Waals surface area contributed by atoms with Crippen LogP contribution in [0.2, 0.25) is 5.02 Å². The molecule has 2 aromatic rings. The van der Waals surface area contributed by atoms with E-state index in [0.717, 1.165) is 34.0 Å². The highest BCUT2D eigenvalue weighted by atomic mass is 127. The van der Waals surface area contributed by atoms with Gasteiger partial charge in [-0.15, -0.1) is 0 Å². The molecule has 0 amide bonds. The summed E-state index contributed by atoms with van der Waals surface area (Å²) >= 11 is 11.8. The topological polar surface area (TPSA) is 38.1 Å². The number of nitrogens with zero attached hydrogens (tertiary/aromatic N) is 2. The van der Waals surface area contributed by atoms with Gasteiger partial charge in [0.25, 0.3) is 0 Å². The van der Waals surface area contributed by atoms with E-state index in [9.17, 15) is 5.11 Å². The van der Waals surface area contributed by atoms with Crippen LogP contribution in [0, 0.1) is 0 Å². The van der Waals surface area contributed by atoms with Crippen LogP contribution in [-0.2, 0) is 0 Å². The van der Waals surface area contributed by atoms with Crippen LogP contribution in [0.1, 0.15) is 31.6 Å². The predicted molar refractivity (Wildman–Crippen MR) is 89.3 cm³/mol. The standard InChI is InChI=1S/C11H11BrClIN2OS/c1-2-3-9(17)8-4-6-10(13)7(12)5-15-11(6)16(8)18-14/h4-5,9,17H,2-3H2,1H3. The summed E-state index contributed by atoms with van der Waals surface area (Å²) in [4.78, 5) is 4.37. The van der Waals surface area contributed by atoms with E-state index in [-0.39, 0.29) is 0 Å². The van der Waals surface area contributed by atoms with Gasteiger partial charge in [-0.25, -0.2) is 4.98 Å². The van der Waals surface area contributed by atoms with Crippen molar-refractivity contribution in [2.75, 3.05) is 0 Å². The van der Waals surface area contributed by atoms with Crippen molar-refractivity contribution in [2.45, 2.75) is 25.9 Å². The molecular weight excluding hydrogens is 450 g/mol. The van der Waals surface area contributed by atoms with Gasteiger partial charge in [0.15, 0.2) is 5.65 Å². The third-order valence-corrected chi connectivity index (χ3v) is 5.62. The van der Waals surface area contributed by atoms with Crippen molar-refractivity contribution in [3.63, 3.8) is 0 Å². The molecule has 0 aromatic carbocycles. The van der Waals surface area contributed by atoms with Crippen LogP contribution in [0.15, 0.2) is 16.7 Å². The Hall–Kier alpha value is 0.500. The minimum Gasteiger partial charge on any atom is -0.387 e. The highest BCUT2D eigenvalue weighted by molar-refractivity contribution is 14.2. The van der Waals surface area contributed by atoms with E-state index in [1.54, 1.807) is 6.20 Å². The molecule has 0 aliphatic carbocycles. The van der Waals surface area contributed by atoms with E-state index in [1.807, 2.05) is 10.0 Å². The molecule has 18 heavy (non-hydrogen) atoms. The molecule has 0 aliphatic heterocycles. The molecule has 7 heteroatoms. The summed E-state index contributed by atoms with van der Waals surface area (Å²) in [5, 5.41) is 11.7. The number of hydrogen-bond acceptors (Lipinski definition) is 3. The van der Waals surface area contributed by atoms with Crippen molar-refractivity contribution < 1.29 is 5.11 Å². The first-order valence-corrected chi connectivity index (χ1v) is 9.91. The third-order valence-electron chi connectivity index (χ3n) is 2.68. The maximum Gasteiger partial charge on any atom is 0.152 e. The number of aromatic nitrogens is 2. The van der Waals surface area contributed by atoms with Gasteiger partial charge in [0.2, 0.25) is 0 Å². The molecule has 0 radical (unpaired) electrons. The van der Waals surface area contributed by atoms with Gasteiger partial charge in [-0.3, -0.25) is 3.97 Å². The molecule has 2 rings (SSSR count). The van der Waals surface area contributed by atoms with E-state index >= 15 is 0 Å². The molecule has 2 heterocycles. The summed E-state index contributed by atoms with van der Waals surface area (Å²) in [5.41, 5.74) is 1.63. The predicted octanol–water partition coefficient (Wildman–Crippen LogP) is 5.13. The largest absolute Gasteiger partial charge is 0.387 e. The number of pyridine rings is 1. The first-order chi connectivity index (χ1) is 8.60. The van der Waals surface area contributed by atoms with Crippen LogP contribution in [-0.4, -0.2) is 14.1 Å². The number of hydrogen-bond donors (Lipinski definition) is 1. The van der Waals surface area contributed by atoms with Gasteiger partial charge in [0.1, 0.15) is 0 Å². The lowest BCUT2D eigenvalue weighted by Gasteiger charge is -2.10. The number of fused-ring (bicyclic) bond motifs is 1. The van der Waals surface area contributed by atoms with Gasteiger partial charge in [0, 0.05) is 41.9 Å². The molecule has 0 spiro atoms. The second kappa shape index (κ2) is 6.30. The Morgan fingerprint density at radius 1 is 1.67 bits per heavy atom. The average molecular weight is 462 g/mol. The lowest BCUT2D eigenvalue weighted by Crippen LogP contribution is -2.01. The molecule has 0 fully saturated rings. The van der Waals surface area contributed by atoms with Crippen molar-refractivity contribution in [1.29, 1.82) is 0 Å². The molecule has 1 unspecified atom stereocenters. The fraction of sp³-hybridized carbons (Fsp3) is 0.364. The summed E-state index contributed by atoms with van der Waals surface area (Å²) in [7, 11) is 1.49. The molecular formula is C11H11BrClIN2OS. The maximum absolute atomic E-state index is 10.2. The Morgan fingerprint density at radius 2 is 2.39 bits per heavy atom. The number of aliphatic hydroxyl groups excluding tert-OH is 1. The molecule has 0 aliphatic rings. The monoisotopic (exact) mass is 460 g/mol. The average Bonchev–Trinajstić information content (AvgIpc) is 2.73. The normalized spacial score (nSPS) is 13.2. The third kappa shape index (κ3) is 2.67. The Kier molecular flexibility index (Phi) is 5.21. The molecule has 1 N–H and O–H groups in total. The molecule has 2 aromatic heterocycles. The highest BCUT2D eigenvalue weighted by Crippen LogP contribution is 2.37. The van der Waals surface area contributed by atoms with Gasteiger partial charge in [0.05, 0.1) is 21.3 Å². The Balaban J connectivity index is 2.64. The smallest absolute Gasteiger partial charge is 0.152 e. The van der Waals surface area contributed by atoms with Crippen molar-refractivity contribution in [3.05, 3.63) is 27.5 Å². The van der Waals surface area contributed by atoms with Crippen molar-refractivity contribution in [3.8, 4) is 0 Å².